The first-order chi connectivity index (χ1) is 8.22. The Balaban J connectivity index is 2.58. The summed E-state index contributed by atoms with van der Waals surface area (Å²) in [6.07, 6.45) is 2.02. The smallest absolute Gasteiger partial charge is 0.149 e. The number of hydrogen-bond acceptors (Lipinski definition) is 2. The number of imidazole rings is 1. The predicted octanol–water partition coefficient (Wildman–Crippen LogP) is 3.57. The molecule has 0 N–H and O–H groups in total. The van der Waals surface area contributed by atoms with Gasteiger partial charge in [0.2, 0.25) is 0 Å². The van der Waals surface area contributed by atoms with Gasteiger partial charge < -0.3 is 4.74 Å². The van der Waals surface area contributed by atoms with Crippen molar-refractivity contribution in [1.82, 2.24) is 9.38 Å². The van der Waals surface area contributed by atoms with E-state index in [-0.39, 0.29) is 0 Å². The fourth-order valence-corrected chi connectivity index (χ4v) is 2.46. The van der Waals surface area contributed by atoms with Gasteiger partial charge in [0, 0.05) is 6.20 Å². The number of ether oxygens (including phenoxy) is 1. The Morgan fingerprint density at radius 1 is 1.29 bits per heavy atom. The van der Waals surface area contributed by atoms with Crippen LogP contribution >= 0.6 is 15.9 Å². The summed E-state index contributed by atoms with van der Waals surface area (Å²) >= 11 is 3.54. The highest BCUT2D eigenvalue weighted by atomic mass is 79.9. The summed E-state index contributed by atoms with van der Waals surface area (Å²) in [5, 5.41) is 2.18. The number of rotatable bonds is 1. The quantitative estimate of drug-likeness (QED) is 0.685. The van der Waals surface area contributed by atoms with Gasteiger partial charge in [-0.15, -0.1) is 0 Å². The lowest BCUT2D eigenvalue weighted by molar-refractivity contribution is 0.420. The van der Waals surface area contributed by atoms with E-state index >= 15 is 0 Å². The molecule has 0 aliphatic heterocycles. The Labute approximate surface area is 107 Å². The highest BCUT2D eigenvalue weighted by Gasteiger charge is 2.11. The van der Waals surface area contributed by atoms with E-state index in [0.29, 0.717) is 0 Å². The average molecular weight is 291 g/mol. The van der Waals surface area contributed by atoms with Crippen molar-refractivity contribution in [2.45, 2.75) is 6.92 Å². The van der Waals surface area contributed by atoms with Crippen molar-refractivity contribution in [2.75, 3.05) is 7.11 Å². The molecule has 1 aromatic carbocycles. The fraction of sp³-hybridized carbons (Fsp3) is 0.154. The van der Waals surface area contributed by atoms with E-state index in [0.717, 1.165) is 32.5 Å². The van der Waals surface area contributed by atoms with Crippen molar-refractivity contribution < 1.29 is 4.74 Å². The fourth-order valence-electron chi connectivity index (χ4n) is 2.09. The number of nitrogens with zero attached hydrogens (tertiary/aromatic N) is 2. The number of hydrogen-bond donors (Lipinski definition) is 0. The molecule has 0 saturated heterocycles. The maximum absolute atomic E-state index is 5.42. The van der Waals surface area contributed by atoms with Crippen LogP contribution in [0.3, 0.4) is 0 Å². The first-order valence-electron chi connectivity index (χ1n) is 5.32. The van der Waals surface area contributed by atoms with E-state index in [2.05, 4.69) is 33.0 Å². The summed E-state index contributed by atoms with van der Waals surface area (Å²) in [5.41, 5.74) is 1.90. The first-order valence-corrected chi connectivity index (χ1v) is 6.11. The first kappa shape index (κ1) is 10.6. The van der Waals surface area contributed by atoms with Gasteiger partial charge >= 0.3 is 0 Å². The second-order valence-corrected chi connectivity index (χ2v) is 4.67. The number of methoxy groups -OCH3 is 1. The van der Waals surface area contributed by atoms with Crippen molar-refractivity contribution in [2.24, 2.45) is 0 Å². The number of halogens is 1. The monoisotopic (exact) mass is 290 g/mol. The van der Waals surface area contributed by atoms with Crippen LogP contribution in [0.15, 0.2) is 35.1 Å². The molecule has 0 fully saturated rings. The van der Waals surface area contributed by atoms with Crippen molar-refractivity contribution in [3.05, 3.63) is 40.8 Å². The third kappa shape index (κ3) is 1.44. The molecular formula is C13H11BrN2O. The molecular weight excluding hydrogens is 280 g/mol. The molecule has 0 aliphatic rings. The normalized spacial score (nSPS) is 11.2. The molecule has 86 valence electrons. The summed E-state index contributed by atoms with van der Waals surface area (Å²) in [7, 11) is 1.68. The minimum atomic E-state index is 0.852. The van der Waals surface area contributed by atoms with Gasteiger partial charge in [-0.05, 0) is 40.4 Å². The van der Waals surface area contributed by atoms with E-state index < -0.39 is 0 Å². The summed E-state index contributed by atoms with van der Waals surface area (Å²) in [6.45, 7) is 1.98. The molecule has 3 rings (SSSR count). The Morgan fingerprint density at radius 3 is 2.88 bits per heavy atom. The van der Waals surface area contributed by atoms with Crippen LogP contribution < -0.4 is 4.74 Å². The van der Waals surface area contributed by atoms with Crippen LogP contribution in [0.2, 0.25) is 0 Å². The van der Waals surface area contributed by atoms with Crippen molar-refractivity contribution >= 4 is 32.3 Å². The van der Waals surface area contributed by atoms with Gasteiger partial charge in [0.25, 0.3) is 0 Å². The molecule has 2 aromatic heterocycles. The minimum Gasteiger partial charge on any atom is -0.496 e. The lowest BCUT2D eigenvalue weighted by Gasteiger charge is -2.06. The maximum Gasteiger partial charge on any atom is 0.149 e. The number of fused-ring (bicyclic) bond motifs is 3. The van der Waals surface area contributed by atoms with E-state index in [1.807, 2.05) is 29.7 Å². The molecule has 4 heteroatoms. The SMILES string of the molecule is COc1cccc2ccn3c(Br)c(C)nc3c12. The van der Waals surface area contributed by atoms with Crippen LogP contribution in [0.25, 0.3) is 16.4 Å². The van der Waals surface area contributed by atoms with Gasteiger partial charge in [-0.25, -0.2) is 4.98 Å². The second kappa shape index (κ2) is 3.74. The van der Waals surface area contributed by atoms with Crippen LogP contribution in [0, 0.1) is 6.92 Å². The molecule has 0 atom stereocenters. The highest BCUT2D eigenvalue weighted by Crippen LogP contribution is 2.31. The number of benzene rings is 1. The molecule has 0 radical (unpaired) electrons. The molecule has 0 bridgehead atoms. The molecule has 0 unspecified atom stereocenters. The van der Waals surface area contributed by atoms with E-state index in [1.165, 1.54) is 0 Å². The summed E-state index contributed by atoms with van der Waals surface area (Å²) in [4.78, 5) is 4.59. The lowest BCUT2D eigenvalue weighted by Crippen LogP contribution is -1.90. The third-order valence-corrected chi connectivity index (χ3v) is 3.87. The molecule has 0 saturated carbocycles. The van der Waals surface area contributed by atoms with Crippen molar-refractivity contribution in [3.8, 4) is 5.75 Å². The zero-order valence-corrected chi connectivity index (χ0v) is 11.2. The predicted molar refractivity (Wildman–Crippen MR) is 71.7 cm³/mol. The standard InChI is InChI=1S/C13H11BrN2O/c1-8-12(14)16-7-6-9-4-3-5-10(17-2)11(9)13(16)15-8/h3-7H,1-2H3. The summed E-state index contributed by atoms with van der Waals surface area (Å²) in [6, 6.07) is 8.08. The molecule has 17 heavy (non-hydrogen) atoms. The van der Waals surface area contributed by atoms with Crippen LogP contribution in [-0.4, -0.2) is 16.5 Å². The van der Waals surface area contributed by atoms with E-state index in [9.17, 15) is 0 Å². The average Bonchev–Trinajstić information content (AvgIpc) is 2.65. The van der Waals surface area contributed by atoms with Crippen molar-refractivity contribution in [1.29, 1.82) is 0 Å². The third-order valence-electron chi connectivity index (χ3n) is 2.92. The van der Waals surface area contributed by atoms with Gasteiger partial charge in [-0.2, -0.15) is 0 Å². The Bertz CT molecular complexity index is 718. The molecule has 0 amide bonds. The highest BCUT2D eigenvalue weighted by molar-refractivity contribution is 9.10. The van der Waals surface area contributed by atoms with Crippen LogP contribution in [0.4, 0.5) is 0 Å². The Hall–Kier alpha value is -1.55. The molecule has 0 aliphatic carbocycles. The van der Waals surface area contributed by atoms with Gasteiger partial charge in [0.05, 0.1) is 18.2 Å². The number of aromatic nitrogens is 2. The zero-order chi connectivity index (χ0) is 12.0. The lowest BCUT2D eigenvalue weighted by atomic mass is 10.1. The zero-order valence-electron chi connectivity index (χ0n) is 9.57. The van der Waals surface area contributed by atoms with Crippen LogP contribution in [0.1, 0.15) is 5.69 Å². The van der Waals surface area contributed by atoms with Gasteiger partial charge in [0.15, 0.2) is 0 Å². The molecule has 0 spiro atoms. The van der Waals surface area contributed by atoms with Crippen molar-refractivity contribution in [3.63, 3.8) is 0 Å². The molecule has 3 nitrogen and oxygen atoms in total. The van der Waals surface area contributed by atoms with Crippen LogP contribution in [0.5, 0.6) is 5.75 Å². The topological polar surface area (TPSA) is 26.5 Å². The van der Waals surface area contributed by atoms with Gasteiger partial charge in [-0.3, -0.25) is 4.40 Å². The van der Waals surface area contributed by atoms with Crippen LogP contribution in [-0.2, 0) is 0 Å². The van der Waals surface area contributed by atoms with Gasteiger partial charge in [0.1, 0.15) is 16.0 Å². The number of pyridine rings is 1. The van der Waals surface area contributed by atoms with E-state index in [4.69, 9.17) is 4.74 Å². The van der Waals surface area contributed by atoms with Gasteiger partial charge in [-0.1, -0.05) is 12.1 Å². The minimum absolute atomic E-state index is 0.852. The largest absolute Gasteiger partial charge is 0.496 e. The summed E-state index contributed by atoms with van der Waals surface area (Å²) in [5.74, 6) is 0.852. The summed E-state index contributed by atoms with van der Waals surface area (Å²) < 4.78 is 8.43. The van der Waals surface area contributed by atoms with E-state index in [1.54, 1.807) is 7.11 Å². The molecule has 2 heterocycles. The maximum atomic E-state index is 5.42. The Kier molecular flexibility index (Phi) is 2.33. The Morgan fingerprint density at radius 2 is 2.12 bits per heavy atom. The number of aryl methyl sites for hydroxylation is 1. The second-order valence-electron chi connectivity index (χ2n) is 3.92. The molecule has 3 aromatic rings.